The largest absolute Gasteiger partial charge is 0.480 e. The highest BCUT2D eigenvalue weighted by molar-refractivity contribution is 9.10. The maximum Gasteiger partial charge on any atom is 0.326 e. The first-order valence-electron chi connectivity index (χ1n) is 6.48. The monoisotopic (exact) mass is 357 g/mol. The zero-order chi connectivity index (χ0) is 14.5. The molecule has 1 heterocycles. The van der Waals surface area contributed by atoms with E-state index in [9.17, 15) is 9.59 Å². The van der Waals surface area contributed by atoms with E-state index in [4.69, 9.17) is 5.11 Å². The van der Waals surface area contributed by atoms with Crippen molar-refractivity contribution in [1.29, 1.82) is 0 Å². The van der Waals surface area contributed by atoms with Crippen molar-refractivity contribution in [2.24, 2.45) is 0 Å². The van der Waals surface area contributed by atoms with Gasteiger partial charge in [-0.05, 0) is 37.1 Å². The molecule has 0 radical (unpaired) electrons. The van der Waals surface area contributed by atoms with Crippen LogP contribution < -0.4 is 0 Å². The maximum atomic E-state index is 12.0. The van der Waals surface area contributed by atoms with Crippen molar-refractivity contribution in [2.45, 2.75) is 30.2 Å². The second kappa shape index (κ2) is 7.13. The van der Waals surface area contributed by atoms with Crippen LogP contribution in [-0.4, -0.2) is 40.2 Å². The first-order valence-corrected chi connectivity index (χ1v) is 8.26. The fourth-order valence-corrected chi connectivity index (χ4v) is 3.36. The molecule has 1 aliphatic rings. The fraction of sp³-hybridized carbons (Fsp3) is 0.429. The number of thioether (sulfide) groups is 1. The number of rotatable bonds is 5. The first kappa shape index (κ1) is 15.4. The molecule has 1 atom stereocenters. The number of carbonyl (C=O) groups is 2. The molecule has 1 amide bonds. The standard InChI is InChI=1S/C14H16BrNO3S/c15-10-3-5-11(6-4-10)20-9-7-13(17)16-8-1-2-12(16)14(18)19/h3-6,12H,1-2,7-9H2,(H,18,19)/t12-/m0/s1. The van der Waals surface area contributed by atoms with Gasteiger partial charge in [0.05, 0.1) is 0 Å². The Balaban J connectivity index is 1.80. The topological polar surface area (TPSA) is 57.6 Å². The Labute approximate surface area is 130 Å². The molecule has 20 heavy (non-hydrogen) atoms. The number of likely N-dealkylation sites (tertiary alicyclic amines) is 1. The predicted molar refractivity (Wildman–Crippen MR) is 81.9 cm³/mol. The predicted octanol–water partition coefficient (Wildman–Crippen LogP) is 3.01. The Morgan fingerprint density at radius 2 is 2.05 bits per heavy atom. The van der Waals surface area contributed by atoms with Crippen molar-refractivity contribution in [2.75, 3.05) is 12.3 Å². The second-order valence-corrected chi connectivity index (χ2v) is 6.72. The highest BCUT2D eigenvalue weighted by Crippen LogP contribution is 2.23. The van der Waals surface area contributed by atoms with Gasteiger partial charge in [-0.2, -0.15) is 0 Å². The van der Waals surface area contributed by atoms with E-state index < -0.39 is 12.0 Å². The number of amides is 1. The molecule has 0 aliphatic carbocycles. The van der Waals surface area contributed by atoms with E-state index in [1.165, 1.54) is 4.90 Å². The van der Waals surface area contributed by atoms with Crippen molar-refractivity contribution in [3.05, 3.63) is 28.7 Å². The van der Waals surface area contributed by atoms with Gasteiger partial charge < -0.3 is 10.0 Å². The normalized spacial score (nSPS) is 18.2. The highest BCUT2D eigenvalue weighted by Gasteiger charge is 2.33. The number of carboxylic acids is 1. The average molecular weight is 358 g/mol. The minimum atomic E-state index is -0.892. The fourth-order valence-electron chi connectivity index (χ4n) is 2.25. The molecule has 0 bridgehead atoms. The number of carboxylic acid groups (broad SMARTS) is 1. The van der Waals surface area contributed by atoms with Crippen LogP contribution in [0.5, 0.6) is 0 Å². The van der Waals surface area contributed by atoms with Gasteiger partial charge in [-0.3, -0.25) is 4.79 Å². The molecule has 4 nitrogen and oxygen atoms in total. The van der Waals surface area contributed by atoms with Gasteiger partial charge in [-0.25, -0.2) is 4.79 Å². The van der Waals surface area contributed by atoms with Crippen molar-refractivity contribution in [3.63, 3.8) is 0 Å². The molecule has 2 rings (SSSR count). The molecule has 1 saturated heterocycles. The number of benzene rings is 1. The van der Waals surface area contributed by atoms with Crippen LogP contribution in [0.1, 0.15) is 19.3 Å². The molecule has 1 aromatic rings. The quantitative estimate of drug-likeness (QED) is 0.823. The summed E-state index contributed by atoms with van der Waals surface area (Å²) in [6.45, 7) is 0.568. The highest BCUT2D eigenvalue weighted by atomic mass is 79.9. The Bertz CT molecular complexity index is 492. The third-order valence-electron chi connectivity index (χ3n) is 3.26. The van der Waals surface area contributed by atoms with Crippen LogP contribution in [0.4, 0.5) is 0 Å². The van der Waals surface area contributed by atoms with E-state index in [1.54, 1.807) is 11.8 Å². The van der Waals surface area contributed by atoms with Gasteiger partial charge in [0, 0.05) is 28.1 Å². The summed E-state index contributed by atoms with van der Waals surface area (Å²) in [5, 5.41) is 9.06. The van der Waals surface area contributed by atoms with Gasteiger partial charge in [-0.1, -0.05) is 15.9 Å². The van der Waals surface area contributed by atoms with Gasteiger partial charge in [-0.15, -0.1) is 11.8 Å². The van der Waals surface area contributed by atoms with E-state index in [1.807, 2.05) is 24.3 Å². The van der Waals surface area contributed by atoms with Crippen molar-refractivity contribution < 1.29 is 14.7 Å². The Kier molecular flexibility index (Phi) is 5.48. The van der Waals surface area contributed by atoms with Gasteiger partial charge in [0.1, 0.15) is 6.04 Å². The molecule has 1 N–H and O–H groups in total. The van der Waals surface area contributed by atoms with E-state index >= 15 is 0 Å². The Morgan fingerprint density at radius 3 is 2.70 bits per heavy atom. The average Bonchev–Trinajstić information content (AvgIpc) is 2.90. The molecule has 1 fully saturated rings. The van der Waals surface area contributed by atoms with E-state index in [0.717, 1.165) is 15.8 Å². The van der Waals surface area contributed by atoms with Crippen LogP contribution in [0.25, 0.3) is 0 Å². The number of halogens is 1. The maximum absolute atomic E-state index is 12.0. The van der Waals surface area contributed by atoms with Crippen molar-refractivity contribution in [3.8, 4) is 0 Å². The summed E-state index contributed by atoms with van der Waals surface area (Å²) in [6, 6.07) is 7.29. The first-order chi connectivity index (χ1) is 9.58. The summed E-state index contributed by atoms with van der Waals surface area (Å²) in [5.74, 6) is -0.278. The summed E-state index contributed by atoms with van der Waals surface area (Å²) < 4.78 is 1.03. The lowest BCUT2D eigenvalue weighted by Gasteiger charge is -2.21. The van der Waals surface area contributed by atoms with Crippen LogP contribution in [0, 0.1) is 0 Å². The summed E-state index contributed by atoms with van der Waals surface area (Å²) in [6.07, 6.45) is 1.73. The molecule has 0 aromatic heterocycles. The lowest BCUT2D eigenvalue weighted by molar-refractivity contribution is -0.148. The molecule has 0 saturated carbocycles. The molecule has 1 aromatic carbocycles. The smallest absolute Gasteiger partial charge is 0.326 e. The van der Waals surface area contributed by atoms with Crippen molar-refractivity contribution in [1.82, 2.24) is 4.90 Å². The Morgan fingerprint density at radius 1 is 1.35 bits per heavy atom. The Hall–Kier alpha value is -1.01. The van der Waals surface area contributed by atoms with Crippen LogP contribution in [-0.2, 0) is 9.59 Å². The SMILES string of the molecule is O=C(O)[C@@H]1CCCN1C(=O)CCSc1ccc(Br)cc1. The van der Waals surface area contributed by atoms with E-state index in [-0.39, 0.29) is 5.91 Å². The number of hydrogen-bond acceptors (Lipinski definition) is 3. The lowest BCUT2D eigenvalue weighted by Crippen LogP contribution is -2.40. The number of carbonyl (C=O) groups excluding carboxylic acids is 1. The zero-order valence-corrected chi connectivity index (χ0v) is 13.3. The van der Waals surface area contributed by atoms with Gasteiger partial charge >= 0.3 is 5.97 Å². The summed E-state index contributed by atoms with van der Waals surface area (Å²) in [5.41, 5.74) is 0. The van der Waals surface area contributed by atoms with Crippen LogP contribution >= 0.6 is 27.7 Å². The molecule has 0 spiro atoms. The van der Waals surface area contributed by atoms with Crippen LogP contribution in [0.2, 0.25) is 0 Å². The molecular weight excluding hydrogens is 342 g/mol. The molecule has 1 aliphatic heterocycles. The number of hydrogen-bond donors (Lipinski definition) is 1. The minimum absolute atomic E-state index is 0.0560. The minimum Gasteiger partial charge on any atom is -0.480 e. The van der Waals surface area contributed by atoms with Gasteiger partial charge in [0.15, 0.2) is 0 Å². The lowest BCUT2D eigenvalue weighted by atomic mass is 10.2. The summed E-state index contributed by atoms with van der Waals surface area (Å²) >= 11 is 4.99. The van der Waals surface area contributed by atoms with Crippen LogP contribution in [0.3, 0.4) is 0 Å². The van der Waals surface area contributed by atoms with Crippen LogP contribution in [0.15, 0.2) is 33.6 Å². The van der Waals surface area contributed by atoms with E-state index in [2.05, 4.69) is 15.9 Å². The van der Waals surface area contributed by atoms with E-state index in [0.29, 0.717) is 25.1 Å². The summed E-state index contributed by atoms with van der Waals surface area (Å²) in [7, 11) is 0. The number of nitrogens with zero attached hydrogens (tertiary/aromatic N) is 1. The van der Waals surface area contributed by atoms with Crippen molar-refractivity contribution >= 4 is 39.6 Å². The summed E-state index contributed by atoms with van der Waals surface area (Å²) in [4.78, 5) is 25.7. The number of aliphatic carboxylic acids is 1. The van der Waals surface area contributed by atoms with Gasteiger partial charge in [0.2, 0.25) is 5.91 Å². The molecular formula is C14H16BrNO3S. The molecule has 0 unspecified atom stereocenters. The molecule has 108 valence electrons. The molecule has 6 heteroatoms. The zero-order valence-electron chi connectivity index (χ0n) is 10.9. The van der Waals surface area contributed by atoms with Gasteiger partial charge in [0.25, 0.3) is 0 Å². The second-order valence-electron chi connectivity index (χ2n) is 4.64. The third kappa shape index (κ3) is 3.99. The third-order valence-corrected chi connectivity index (χ3v) is 4.80.